The number of carbonyl (C=O) groups excluding carboxylic acids is 1. The molecule has 0 radical (unpaired) electrons. The van der Waals surface area contributed by atoms with Crippen LogP contribution >= 0.6 is 0 Å². The third-order valence-electron chi connectivity index (χ3n) is 6.24. The van der Waals surface area contributed by atoms with Crippen LogP contribution in [0.1, 0.15) is 50.0 Å². The normalized spacial score (nSPS) is 15.4. The van der Waals surface area contributed by atoms with Crippen LogP contribution in [-0.2, 0) is 6.54 Å². The van der Waals surface area contributed by atoms with Crippen molar-refractivity contribution >= 4 is 16.9 Å². The summed E-state index contributed by atoms with van der Waals surface area (Å²) in [6.07, 6.45) is 0. The number of fused-ring (bicyclic) bond motifs is 2. The Morgan fingerprint density at radius 2 is 1.66 bits per heavy atom. The van der Waals surface area contributed by atoms with E-state index in [4.69, 9.17) is 4.42 Å². The minimum absolute atomic E-state index is 0.0752. The molecule has 1 aromatic heterocycles. The van der Waals surface area contributed by atoms with Gasteiger partial charge >= 0.3 is 0 Å². The predicted octanol–water partition coefficient (Wildman–Crippen LogP) is 5.17. The van der Waals surface area contributed by atoms with Gasteiger partial charge in [-0.25, -0.2) is 0 Å². The van der Waals surface area contributed by atoms with E-state index >= 15 is 0 Å². The molecule has 4 aromatic rings. The van der Waals surface area contributed by atoms with Crippen molar-refractivity contribution in [1.29, 1.82) is 0 Å². The number of hydrogen-bond acceptors (Lipinski definition) is 4. The fourth-order valence-electron chi connectivity index (χ4n) is 4.37. The highest BCUT2D eigenvalue weighted by atomic mass is 16.3. The van der Waals surface area contributed by atoms with Gasteiger partial charge in [0.25, 0.3) is 5.91 Å². The molecule has 1 aliphatic heterocycles. The summed E-state index contributed by atoms with van der Waals surface area (Å²) in [6, 6.07) is 17.6. The molecule has 5 rings (SSSR count). The zero-order valence-corrected chi connectivity index (χ0v) is 18.2. The molecule has 32 heavy (non-hydrogen) atoms. The van der Waals surface area contributed by atoms with Gasteiger partial charge in [-0.15, -0.1) is 0 Å². The number of benzene rings is 3. The minimum atomic E-state index is -0.645. The molecule has 0 saturated heterocycles. The molecule has 5 heteroatoms. The number of hydrogen-bond donors (Lipinski definition) is 1. The van der Waals surface area contributed by atoms with Crippen LogP contribution in [0.5, 0.6) is 5.75 Å². The zero-order valence-electron chi connectivity index (χ0n) is 18.2. The lowest BCUT2D eigenvalue weighted by Crippen LogP contribution is -2.29. The fraction of sp³-hybridized carbons (Fsp3) is 0.185. The van der Waals surface area contributed by atoms with E-state index in [1.54, 1.807) is 23.1 Å². The lowest BCUT2D eigenvalue weighted by Gasteiger charge is -2.25. The Labute approximate surface area is 185 Å². The van der Waals surface area contributed by atoms with Crippen molar-refractivity contribution in [2.24, 2.45) is 0 Å². The first-order chi connectivity index (χ1) is 15.3. The summed E-state index contributed by atoms with van der Waals surface area (Å²) in [6.45, 7) is 6.22. The van der Waals surface area contributed by atoms with E-state index in [0.29, 0.717) is 28.6 Å². The zero-order chi connectivity index (χ0) is 22.6. The van der Waals surface area contributed by atoms with Gasteiger partial charge in [-0.05, 0) is 67.3 Å². The first kappa shape index (κ1) is 20.1. The van der Waals surface area contributed by atoms with Gasteiger partial charge in [-0.3, -0.25) is 9.59 Å². The summed E-state index contributed by atoms with van der Waals surface area (Å²) in [5.74, 6) is -0.173. The van der Waals surface area contributed by atoms with Gasteiger partial charge < -0.3 is 14.4 Å². The maximum Gasteiger partial charge on any atom is 0.291 e. The first-order valence-corrected chi connectivity index (χ1v) is 10.6. The minimum Gasteiger partial charge on any atom is -0.508 e. The van der Waals surface area contributed by atoms with Crippen LogP contribution in [0.25, 0.3) is 11.0 Å². The van der Waals surface area contributed by atoms with Crippen molar-refractivity contribution in [2.45, 2.75) is 33.4 Å². The van der Waals surface area contributed by atoms with E-state index in [-0.39, 0.29) is 22.8 Å². The van der Waals surface area contributed by atoms with Crippen LogP contribution in [0, 0.1) is 20.8 Å². The summed E-state index contributed by atoms with van der Waals surface area (Å²) >= 11 is 0. The molecule has 2 heterocycles. The van der Waals surface area contributed by atoms with E-state index in [0.717, 1.165) is 22.3 Å². The molecule has 0 saturated carbocycles. The van der Waals surface area contributed by atoms with Crippen LogP contribution in [0.2, 0.25) is 0 Å². The first-order valence-electron chi connectivity index (χ1n) is 10.6. The third-order valence-corrected chi connectivity index (χ3v) is 6.24. The topological polar surface area (TPSA) is 70.8 Å². The average molecular weight is 425 g/mol. The second-order valence-corrected chi connectivity index (χ2v) is 8.52. The highest BCUT2D eigenvalue weighted by molar-refractivity contribution is 5.99. The van der Waals surface area contributed by atoms with Crippen LogP contribution in [-0.4, -0.2) is 15.9 Å². The lowest BCUT2D eigenvalue weighted by atomic mass is 9.97. The molecule has 5 nitrogen and oxygen atoms in total. The van der Waals surface area contributed by atoms with Gasteiger partial charge in [0.1, 0.15) is 11.3 Å². The Balaban J connectivity index is 1.74. The monoisotopic (exact) mass is 425 g/mol. The van der Waals surface area contributed by atoms with Crippen LogP contribution in [0.15, 0.2) is 69.9 Å². The molecule has 0 aliphatic carbocycles. The number of aromatic hydroxyl groups is 1. The van der Waals surface area contributed by atoms with E-state index in [1.807, 2.05) is 63.2 Å². The molecule has 0 spiro atoms. The Hall–Kier alpha value is -3.86. The number of rotatable bonds is 3. The molecule has 0 fully saturated rings. The maximum atomic E-state index is 13.6. The Morgan fingerprint density at radius 1 is 0.938 bits per heavy atom. The summed E-state index contributed by atoms with van der Waals surface area (Å²) in [7, 11) is 0. The van der Waals surface area contributed by atoms with E-state index in [9.17, 15) is 14.7 Å². The highest BCUT2D eigenvalue weighted by Gasteiger charge is 2.42. The van der Waals surface area contributed by atoms with Gasteiger partial charge in [0.15, 0.2) is 5.43 Å². The number of nitrogens with zero attached hydrogens (tertiary/aromatic N) is 1. The summed E-state index contributed by atoms with van der Waals surface area (Å²) < 4.78 is 6.05. The molecule has 1 aliphatic rings. The van der Waals surface area contributed by atoms with E-state index in [2.05, 4.69) is 0 Å². The standard InChI is InChI=1S/C27H23NO4/c1-15-7-9-18(10-8-15)14-28-24(19-5-4-6-20(29)13-19)23-25(30)21-11-16(2)17(3)12-22(21)32-26(23)27(28)31/h4-13,24,29H,14H2,1-3H3. The number of phenols is 1. The third kappa shape index (κ3) is 3.17. The van der Waals surface area contributed by atoms with Gasteiger partial charge in [-0.2, -0.15) is 0 Å². The predicted molar refractivity (Wildman–Crippen MR) is 123 cm³/mol. The molecule has 1 amide bonds. The molecule has 1 atom stereocenters. The van der Waals surface area contributed by atoms with Gasteiger partial charge in [0.2, 0.25) is 5.76 Å². The summed E-state index contributed by atoms with van der Waals surface area (Å²) in [5.41, 5.74) is 5.25. The molecule has 1 N–H and O–H groups in total. The maximum absolute atomic E-state index is 13.6. The smallest absolute Gasteiger partial charge is 0.291 e. The van der Waals surface area contributed by atoms with Crippen LogP contribution < -0.4 is 5.43 Å². The Bertz CT molecular complexity index is 1430. The van der Waals surface area contributed by atoms with E-state index in [1.165, 1.54) is 0 Å². The van der Waals surface area contributed by atoms with Crippen molar-refractivity contribution in [3.8, 4) is 5.75 Å². The number of aryl methyl sites for hydroxylation is 3. The number of amides is 1. The average Bonchev–Trinajstić information content (AvgIpc) is 3.03. The second-order valence-electron chi connectivity index (χ2n) is 8.52. The second kappa shape index (κ2) is 7.38. The van der Waals surface area contributed by atoms with Crippen molar-refractivity contribution in [1.82, 2.24) is 4.90 Å². The summed E-state index contributed by atoms with van der Waals surface area (Å²) in [5, 5.41) is 10.6. The molecule has 1 unspecified atom stereocenters. The van der Waals surface area contributed by atoms with Crippen LogP contribution in [0.3, 0.4) is 0 Å². The van der Waals surface area contributed by atoms with E-state index < -0.39 is 6.04 Å². The molecule has 0 bridgehead atoms. The lowest BCUT2D eigenvalue weighted by molar-refractivity contribution is 0.0714. The summed E-state index contributed by atoms with van der Waals surface area (Å²) in [4.78, 5) is 28.8. The quantitative estimate of drug-likeness (QED) is 0.492. The SMILES string of the molecule is Cc1ccc(CN2C(=O)c3oc4cc(C)c(C)cc4c(=O)c3C2c2cccc(O)c2)cc1. The molecule has 160 valence electrons. The highest BCUT2D eigenvalue weighted by Crippen LogP contribution is 2.40. The van der Waals surface area contributed by atoms with Gasteiger partial charge in [0.05, 0.1) is 17.0 Å². The fourth-order valence-corrected chi connectivity index (χ4v) is 4.37. The van der Waals surface area contributed by atoms with Gasteiger partial charge in [0, 0.05) is 6.54 Å². The van der Waals surface area contributed by atoms with Crippen LogP contribution in [0.4, 0.5) is 0 Å². The molecule has 3 aromatic carbocycles. The number of phenolic OH excluding ortho intramolecular Hbond substituents is 1. The molecular formula is C27H23NO4. The Morgan fingerprint density at radius 3 is 2.38 bits per heavy atom. The van der Waals surface area contributed by atoms with Crippen molar-refractivity contribution < 1.29 is 14.3 Å². The number of carbonyl (C=O) groups is 1. The van der Waals surface area contributed by atoms with Crippen molar-refractivity contribution in [2.75, 3.05) is 0 Å². The van der Waals surface area contributed by atoms with Gasteiger partial charge in [-0.1, -0.05) is 42.0 Å². The van der Waals surface area contributed by atoms with Crippen molar-refractivity contribution in [3.63, 3.8) is 0 Å². The Kier molecular flexibility index (Phi) is 4.63. The van der Waals surface area contributed by atoms with Crippen molar-refractivity contribution in [3.05, 3.63) is 110 Å². The molecular weight excluding hydrogens is 402 g/mol. The largest absolute Gasteiger partial charge is 0.508 e.